The lowest BCUT2D eigenvalue weighted by Crippen LogP contribution is -2.27. The zero-order chi connectivity index (χ0) is 9.84. The summed E-state index contributed by atoms with van der Waals surface area (Å²) in [7, 11) is 0. The Balaban J connectivity index is 3.07. The highest BCUT2D eigenvalue weighted by Crippen LogP contribution is 2.04. The normalized spacial score (nSPS) is 9.92. The second kappa shape index (κ2) is 3.79. The molecular formula is C7H12N4O2. The summed E-state index contributed by atoms with van der Waals surface area (Å²) in [5.41, 5.74) is 4.56. The predicted octanol–water partition coefficient (Wildman–Crippen LogP) is -0.533. The molecule has 0 saturated heterocycles. The van der Waals surface area contributed by atoms with E-state index in [0.29, 0.717) is 6.54 Å². The summed E-state index contributed by atoms with van der Waals surface area (Å²) in [6.45, 7) is 2.60. The molecule has 13 heavy (non-hydrogen) atoms. The van der Waals surface area contributed by atoms with Gasteiger partial charge in [0.05, 0.1) is 0 Å². The minimum absolute atomic E-state index is 0.0715. The molecule has 0 unspecified atom stereocenters. The molecule has 1 aromatic heterocycles. The lowest BCUT2D eigenvalue weighted by molar-refractivity contribution is 0.961. The number of nitrogen functional groups attached to an aromatic ring is 1. The lowest BCUT2D eigenvalue weighted by Gasteiger charge is -2.04. The zero-order valence-electron chi connectivity index (χ0n) is 7.31. The van der Waals surface area contributed by atoms with E-state index in [1.54, 1.807) is 0 Å². The standard InChI is InChI=1S/C7H12N4O2/c1-2-3-9-4-5(8)10-7(13)11-6(4)12/h9H,2-3H2,1H3,(H4,8,10,11,12,13). The van der Waals surface area contributed by atoms with Crippen LogP contribution in [0.1, 0.15) is 13.3 Å². The van der Waals surface area contributed by atoms with E-state index in [4.69, 9.17) is 5.73 Å². The van der Waals surface area contributed by atoms with Gasteiger partial charge in [-0.15, -0.1) is 0 Å². The van der Waals surface area contributed by atoms with Gasteiger partial charge in [0.1, 0.15) is 11.5 Å². The first kappa shape index (κ1) is 9.37. The van der Waals surface area contributed by atoms with Crippen molar-refractivity contribution in [1.82, 2.24) is 9.97 Å². The van der Waals surface area contributed by atoms with Crippen LogP contribution in [0.15, 0.2) is 9.59 Å². The van der Waals surface area contributed by atoms with E-state index >= 15 is 0 Å². The molecule has 0 bridgehead atoms. The van der Waals surface area contributed by atoms with E-state index < -0.39 is 11.2 Å². The Morgan fingerprint density at radius 3 is 2.62 bits per heavy atom. The summed E-state index contributed by atoms with van der Waals surface area (Å²) >= 11 is 0. The predicted molar refractivity (Wildman–Crippen MR) is 50.9 cm³/mol. The second-order valence-corrected chi connectivity index (χ2v) is 2.62. The first-order valence-electron chi connectivity index (χ1n) is 4.01. The van der Waals surface area contributed by atoms with Gasteiger partial charge in [0.2, 0.25) is 0 Å². The molecule has 0 aliphatic heterocycles. The summed E-state index contributed by atoms with van der Waals surface area (Å²) in [6, 6.07) is 0. The van der Waals surface area contributed by atoms with E-state index in [-0.39, 0.29) is 11.5 Å². The fraction of sp³-hybridized carbons (Fsp3) is 0.429. The maximum Gasteiger partial charge on any atom is 0.327 e. The van der Waals surface area contributed by atoms with Gasteiger partial charge in [0.25, 0.3) is 5.56 Å². The average molecular weight is 184 g/mol. The van der Waals surface area contributed by atoms with E-state index in [1.807, 2.05) is 6.92 Å². The van der Waals surface area contributed by atoms with Crippen molar-refractivity contribution >= 4 is 11.5 Å². The Bertz CT molecular complexity index is 392. The molecule has 0 spiro atoms. The number of H-pyrrole nitrogens is 2. The molecular weight excluding hydrogens is 172 g/mol. The molecule has 72 valence electrons. The summed E-state index contributed by atoms with van der Waals surface area (Å²) in [6.07, 6.45) is 0.873. The summed E-state index contributed by atoms with van der Waals surface area (Å²) in [5, 5.41) is 2.82. The number of hydrogen-bond donors (Lipinski definition) is 4. The molecule has 6 nitrogen and oxygen atoms in total. The highest BCUT2D eigenvalue weighted by molar-refractivity contribution is 5.59. The van der Waals surface area contributed by atoms with Crippen LogP contribution in [-0.2, 0) is 0 Å². The monoisotopic (exact) mass is 184 g/mol. The second-order valence-electron chi connectivity index (χ2n) is 2.62. The molecule has 1 aromatic rings. The highest BCUT2D eigenvalue weighted by atomic mass is 16.2. The van der Waals surface area contributed by atoms with Crippen molar-refractivity contribution < 1.29 is 0 Å². The third-order valence-electron chi connectivity index (χ3n) is 1.52. The molecule has 0 radical (unpaired) electrons. The number of rotatable bonds is 3. The third-order valence-corrected chi connectivity index (χ3v) is 1.52. The minimum Gasteiger partial charge on any atom is -0.383 e. The Kier molecular flexibility index (Phi) is 2.73. The molecule has 0 aliphatic carbocycles. The summed E-state index contributed by atoms with van der Waals surface area (Å²) in [5.74, 6) is 0.0715. The molecule has 0 amide bonds. The minimum atomic E-state index is -0.593. The Hall–Kier alpha value is -1.72. The van der Waals surface area contributed by atoms with Crippen LogP contribution in [0, 0.1) is 0 Å². The molecule has 1 rings (SSSR count). The summed E-state index contributed by atoms with van der Waals surface area (Å²) < 4.78 is 0. The summed E-state index contributed by atoms with van der Waals surface area (Å²) in [4.78, 5) is 26.2. The van der Waals surface area contributed by atoms with E-state index in [2.05, 4.69) is 15.3 Å². The molecule has 0 aliphatic rings. The fourth-order valence-corrected chi connectivity index (χ4v) is 0.929. The molecule has 0 saturated carbocycles. The van der Waals surface area contributed by atoms with Crippen LogP contribution in [0.4, 0.5) is 11.5 Å². The van der Waals surface area contributed by atoms with E-state index in [9.17, 15) is 9.59 Å². The van der Waals surface area contributed by atoms with Crippen LogP contribution in [0.2, 0.25) is 0 Å². The van der Waals surface area contributed by atoms with Crippen LogP contribution in [0.5, 0.6) is 0 Å². The molecule has 0 aromatic carbocycles. The molecule has 0 atom stereocenters. The van der Waals surface area contributed by atoms with Crippen molar-refractivity contribution in [1.29, 1.82) is 0 Å². The average Bonchev–Trinajstić information content (AvgIpc) is 2.02. The number of aromatic amines is 2. The van der Waals surface area contributed by atoms with Crippen molar-refractivity contribution in [3.05, 3.63) is 20.8 Å². The van der Waals surface area contributed by atoms with Gasteiger partial charge in [-0.2, -0.15) is 0 Å². The Morgan fingerprint density at radius 1 is 1.38 bits per heavy atom. The largest absolute Gasteiger partial charge is 0.383 e. The van der Waals surface area contributed by atoms with Gasteiger partial charge in [0, 0.05) is 6.54 Å². The number of aromatic nitrogens is 2. The number of nitrogens with two attached hydrogens (primary N) is 1. The number of anilines is 2. The number of hydrogen-bond acceptors (Lipinski definition) is 4. The topological polar surface area (TPSA) is 104 Å². The Labute approximate surface area is 74.2 Å². The fourth-order valence-electron chi connectivity index (χ4n) is 0.929. The number of nitrogens with one attached hydrogen (secondary N) is 3. The maximum atomic E-state index is 11.1. The van der Waals surface area contributed by atoms with Gasteiger partial charge >= 0.3 is 5.69 Å². The lowest BCUT2D eigenvalue weighted by atomic mass is 10.4. The van der Waals surface area contributed by atoms with Crippen molar-refractivity contribution in [3.8, 4) is 0 Å². The highest BCUT2D eigenvalue weighted by Gasteiger charge is 2.03. The molecule has 1 heterocycles. The SMILES string of the molecule is CCCNc1c(N)[nH]c(=O)[nH]c1=O. The van der Waals surface area contributed by atoms with Crippen LogP contribution in [0.25, 0.3) is 0 Å². The van der Waals surface area contributed by atoms with E-state index in [1.165, 1.54) is 0 Å². The van der Waals surface area contributed by atoms with Gasteiger partial charge < -0.3 is 11.1 Å². The van der Waals surface area contributed by atoms with Gasteiger partial charge in [0.15, 0.2) is 0 Å². The van der Waals surface area contributed by atoms with Crippen LogP contribution in [0.3, 0.4) is 0 Å². The quantitative estimate of drug-likeness (QED) is 0.506. The van der Waals surface area contributed by atoms with Gasteiger partial charge in [-0.25, -0.2) is 4.79 Å². The first-order valence-corrected chi connectivity index (χ1v) is 4.01. The van der Waals surface area contributed by atoms with Crippen LogP contribution < -0.4 is 22.3 Å². The molecule has 5 N–H and O–H groups in total. The molecule has 0 fully saturated rings. The van der Waals surface area contributed by atoms with Crippen molar-refractivity contribution in [2.75, 3.05) is 17.6 Å². The first-order chi connectivity index (χ1) is 6.15. The van der Waals surface area contributed by atoms with Crippen molar-refractivity contribution in [3.63, 3.8) is 0 Å². The third kappa shape index (κ3) is 2.11. The molecule has 6 heteroatoms. The van der Waals surface area contributed by atoms with Gasteiger partial charge in [-0.3, -0.25) is 14.8 Å². The van der Waals surface area contributed by atoms with E-state index in [0.717, 1.165) is 6.42 Å². The van der Waals surface area contributed by atoms with Gasteiger partial charge in [-0.05, 0) is 6.42 Å². The van der Waals surface area contributed by atoms with Crippen LogP contribution >= 0.6 is 0 Å². The van der Waals surface area contributed by atoms with Crippen LogP contribution in [-0.4, -0.2) is 16.5 Å². The van der Waals surface area contributed by atoms with Crippen molar-refractivity contribution in [2.24, 2.45) is 0 Å². The Morgan fingerprint density at radius 2 is 2.08 bits per heavy atom. The maximum absolute atomic E-state index is 11.1. The van der Waals surface area contributed by atoms with Gasteiger partial charge in [-0.1, -0.05) is 6.92 Å². The van der Waals surface area contributed by atoms with Crippen molar-refractivity contribution in [2.45, 2.75) is 13.3 Å². The smallest absolute Gasteiger partial charge is 0.327 e. The zero-order valence-corrected chi connectivity index (χ0v) is 7.31.